The lowest BCUT2D eigenvalue weighted by Gasteiger charge is -2.15. The minimum Gasteiger partial charge on any atom is -0.443 e. The predicted molar refractivity (Wildman–Crippen MR) is 72.2 cm³/mol. The maximum Gasteiger partial charge on any atom is 0.181 e. The van der Waals surface area contributed by atoms with Crippen molar-refractivity contribution in [3.63, 3.8) is 0 Å². The maximum atomic E-state index is 5.58. The molecule has 0 fully saturated rings. The molecule has 6 heteroatoms. The normalized spacial score (nSPS) is 11.5. The smallest absolute Gasteiger partial charge is 0.181 e. The summed E-state index contributed by atoms with van der Waals surface area (Å²) >= 11 is 0. The van der Waals surface area contributed by atoms with Gasteiger partial charge in [-0.15, -0.1) is 0 Å². The lowest BCUT2D eigenvalue weighted by atomic mass is 10.2. The van der Waals surface area contributed by atoms with Crippen LogP contribution < -0.4 is 5.73 Å². The summed E-state index contributed by atoms with van der Waals surface area (Å²) in [4.78, 5) is 6.27. The van der Waals surface area contributed by atoms with Gasteiger partial charge in [-0.3, -0.25) is 10.00 Å². The van der Waals surface area contributed by atoms with E-state index in [1.54, 1.807) is 0 Å². The Morgan fingerprint density at radius 3 is 3.00 bits per heavy atom. The third-order valence-corrected chi connectivity index (χ3v) is 2.94. The number of rotatable bonds is 4. The van der Waals surface area contributed by atoms with Crippen LogP contribution in [0.15, 0.2) is 35.1 Å². The first-order chi connectivity index (χ1) is 9.20. The number of oxazole rings is 1. The van der Waals surface area contributed by atoms with Crippen molar-refractivity contribution in [2.75, 3.05) is 12.8 Å². The molecule has 3 aromatic rings. The Kier molecular flexibility index (Phi) is 2.92. The number of anilines is 1. The molecule has 0 saturated carbocycles. The molecule has 19 heavy (non-hydrogen) atoms. The topological polar surface area (TPSA) is 84.0 Å². The largest absolute Gasteiger partial charge is 0.443 e. The number of hydrogen-bond donors (Lipinski definition) is 2. The number of nitrogens with two attached hydrogens (primary N) is 1. The SMILES string of the molecule is CN(Cc1ccc2ncoc2c1)Cc1cc(N)n[nH]1. The van der Waals surface area contributed by atoms with Gasteiger partial charge in [-0.2, -0.15) is 5.10 Å². The highest BCUT2D eigenvalue weighted by Crippen LogP contribution is 2.16. The van der Waals surface area contributed by atoms with Gasteiger partial charge in [-0.05, 0) is 24.7 Å². The van der Waals surface area contributed by atoms with Gasteiger partial charge in [0.25, 0.3) is 0 Å². The van der Waals surface area contributed by atoms with Crippen LogP contribution in [0.2, 0.25) is 0 Å². The zero-order valence-electron chi connectivity index (χ0n) is 10.6. The van der Waals surface area contributed by atoms with Gasteiger partial charge in [0.2, 0.25) is 0 Å². The molecule has 6 nitrogen and oxygen atoms in total. The summed E-state index contributed by atoms with van der Waals surface area (Å²) in [5.74, 6) is 0.520. The van der Waals surface area contributed by atoms with Gasteiger partial charge >= 0.3 is 0 Å². The van der Waals surface area contributed by atoms with Gasteiger partial charge in [0.1, 0.15) is 11.3 Å². The molecule has 0 aliphatic heterocycles. The second-order valence-electron chi connectivity index (χ2n) is 4.64. The Bertz CT molecular complexity index is 687. The second kappa shape index (κ2) is 4.74. The summed E-state index contributed by atoms with van der Waals surface area (Å²) in [6.45, 7) is 1.58. The lowest BCUT2D eigenvalue weighted by Crippen LogP contribution is -2.17. The Morgan fingerprint density at radius 1 is 1.32 bits per heavy atom. The molecule has 0 aliphatic rings. The zero-order valence-corrected chi connectivity index (χ0v) is 10.6. The van der Waals surface area contributed by atoms with Crippen LogP contribution in [-0.4, -0.2) is 27.1 Å². The average molecular weight is 257 g/mol. The number of benzene rings is 1. The highest BCUT2D eigenvalue weighted by Gasteiger charge is 2.06. The van der Waals surface area contributed by atoms with Crippen molar-refractivity contribution in [2.24, 2.45) is 0 Å². The van der Waals surface area contributed by atoms with Gasteiger partial charge in [0.05, 0.1) is 5.69 Å². The number of aromatic nitrogens is 3. The standard InChI is InChI=1S/C13H15N5O/c1-18(7-10-5-13(14)17-16-10)6-9-2-3-11-12(4-9)19-8-15-11/h2-5,8H,6-7H2,1H3,(H3,14,16,17). The van der Waals surface area contributed by atoms with Crippen molar-refractivity contribution in [1.82, 2.24) is 20.1 Å². The van der Waals surface area contributed by atoms with E-state index >= 15 is 0 Å². The van der Waals surface area contributed by atoms with Crippen LogP contribution in [0, 0.1) is 0 Å². The molecule has 0 atom stereocenters. The number of H-pyrrole nitrogens is 1. The predicted octanol–water partition coefficient (Wildman–Crippen LogP) is 1.77. The van der Waals surface area contributed by atoms with Crippen molar-refractivity contribution in [1.29, 1.82) is 0 Å². The molecule has 2 heterocycles. The molecule has 2 aromatic heterocycles. The summed E-state index contributed by atoms with van der Waals surface area (Å²) in [5.41, 5.74) is 9.46. The summed E-state index contributed by atoms with van der Waals surface area (Å²) in [5, 5.41) is 6.82. The van der Waals surface area contributed by atoms with E-state index in [-0.39, 0.29) is 0 Å². The van der Waals surface area contributed by atoms with E-state index in [9.17, 15) is 0 Å². The van der Waals surface area contributed by atoms with Gasteiger partial charge in [-0.25, -0.2) is 4.98 Å². The fourth-order valence-electron chi connectivity index (χ4n) is 2.12. The fraction of sp³-hybridized carbons (Fsp3) is 0.231. The number of nitrogens with one attached hydrogen (secondary N) is 1. The van der Waals surface area contributed by atoms with Crippen LogP contribution in [0.4, 0.5) is 5.82 Å². The summed E-state index contributed by atoms with van der Waals surface area (Å²) in [6, 6.07) is 7.88. The molecule has 0 bridgehead atoms. The van der Waals surface area contributed by atoms with Crippen LogP contribution in [0.3, 0.4) is 0 Å². The zero-order chi connectivity index (χ0) is 13.2. The Balaban J connectivity index is 1.69. The van der Waals surface area contributed by atoms with Crippen molar-refractivity contribution in [3.8, 4) is 0 Å². The lowest BCUT2D eigenvalue weighted by molar-refractivity contribution is 0.315. The Labute approximate surface area is 110 Å². The third kappa shape index (κ3) is 2.58. The van der Waals surface area contributed by atoms with Crippen molar-refractivity contribution < 1.29 is 4.42 Å². The van der Waals surface area contributed by atoms with E-state index in [0.29, 0.717) is 5.82 Å². The van der Waals surface area contributed by atoms with E-state index in [0.717, 1.165) is 29.9 Å². The molecule has 0 amide bonds. The van der Waals surface area contributed by atoms with Gasteiger partial charge < -0.3 is 10.2 Å². The first-order valence-electron chi connectivity index (χ1n) is 6.01. The van der Waals surface area contributed by atoms with E-state index in [1.165, 1.54) is 12.0 Å². The molecular formula is C13H15N5O. The molecule has 1 aromatic carbocycles. The highest BCUT2D eigenvalue weighted by atomic mass is 16.3. The van der Waals surface area contributed by atoms with E-state index < -0.39 is 0 Å². The first-order valence-corrected chi connectivity index (χ1v) is 6.01. The number of hydrogen-bond acceptors (Lipinski definition) is 5. The van der Waals surface area contributed by atoms with Crippen molar-refractivity contribution >= 4 is 16.9 Å². The number of nitrogen functional groups attached to an aromatic ring is 1. The maximum absolute atomic E-state index is 5.58. The van der Waals surface area contributed by atoms with E-state index in [4.69, 9.17) is 10.2 Å². The van der Waals surface area contributed by atoms with Crippen molar-refractivity contribution in [3.05, 3.63) is 41.9 Å². The first kappa shape index (κ1) is 11.7. The highest BCUT2D eigenvalue weighted by molar-refractivity contribution is 5.72. The molecule has 0 unspecified atom stereocenters. The van der Waals surface area contributed by atoms with Crippen molar-refractivity contribution in [2.45, 2.75) is 13.1 Å². The van der Waals surface area contributed by atoms with Crippen LogP contribution >= 0.6 is 0 Å². The molecular weight excluding hydrogens is 242 g/mol. The Morgan fingerprint density at radius 2 is 2.21 bits per heavy atom. The minimum atomic E-state index is 0.520. The number of fused-ring (bicyclic) bond motifs is 1. The second-order valence-corrected chi connectivity index (χ2v) is 4.64. The van der Waals surface area contributed by atoms with Crippen LogP contribution in [-0.2, 0) is 13.1 Å². The molecule has 3 N–H and O–H groups in total. The number of aromatic amines is 1. The average Bonchev–Trinajstić information content (AvgIpc) is 2.97. The molecule has 98 valence electrons. The summed E-state index contributed by atoms with van der Waals surface area (Å²) < 4.78 is 5.30. The fourth-order valence-corrected chi connectivity index (χ4v) is 2.12. The van der Waals surface area contributed by atoms with E-state index in [1.807, 2.05) is 25.2 Å². The number of nitrogens with zero attached hydrogens (tertiary/aromatic N) is 3. The monoisotopic (exact) mass is 257 g/mol. The summed E-state index contributed by atoms with van der Waals surface area (Å²) in [6.07, 6.45) is 1.46. The van der Waals surface area contributed by atoms with Gasteiger partial charge in [-0.1, -0.05) is 6.07 Å². The molecule has 0 radical (unpaired) electrons. The third-order valence-electron chi connectivity index (χ3n) is 2.94. The van der Waals surface area contributed by atoms with Crippen LogP contribution in [0.1, 0.15) is 11.3 Å². The molecule has 3 rings (SSSR count). The van der Waals surface area contributed by atoms with Crippen LogP contribution in [0.5, 0.6) is 0 Å². The summed E-state index contributed by atoms with van der Waals surface area (Å²) in [7, 11) is 2.04. The minimum absolute atomic E-state index is 0.520. The van der Waals surface area contributed by atoms with Gasteiger partial charge in [0, 0.05) is 19.2 Å². The molecule has 0 saturated heterocycles. The van der Waals surface area contributed by atoms with Gasteiger partial charge in [0.15, 0.2) is 12.0 Å². The molecule has 0 spiro atoms. The molecule has 0 aliphatic carbocycles. The quantitative estimate of drug-likeness (QED) is 0.744. The van der Waals surface area contributed by atoms with E-state index in [2.05, 4.69) is 26.1 Å². The Hall–Kier alpha value is -2.34. The van der Waals surface area contributed by atoms with Crippen LogP contribution in [0.25, 0.3) is 11.1 Å².